The van der Waals surface area contributed by atoms with Crippen molar-refractivity contribution in [2.24, 2.45) is 0 Å². The Kier molecular flexibility index (Phi) is 1.84. The van der Waals surface area contributed by atoms with Crippen LogP contribution in [0.2, 0.25) is 5.15 Å². The van der Waals surface area contributed by atoms with Crippen LogP contribution >= 0.6 is 11.6 Å². The van der Waals surface area contributed by atoms with Crippen molar-refractivity contribution >= 4 is 11.6 Å². The van der Waals surface area contributed by atoms with E-state index in [9.17, 15) is 0 Å². The number of H-pyrrole nitrogens is 1. The van der Waals surface area contributed by atoms with Crippen LogP contribution in [-0.2, 0) is 0 Å². The lowest BCUT2D eigenvalue weighted by Crippen LogP contribution is -1.73. The van der Waals surface area contributed by atoms with E-state index in [1.54, 1.807) is 0 Å². The van der Waals surface area contributed by atoms with Gasteiger partial charge in [-0.15, -0.1) is 0 Å². The van der Waals surface area contributed by atoms with Crippen molar-refractivity contribution in [3.63, 3.8) is 0 Å². The molecular weight excluding hydrogens is 172 g/mol. The molecule has 2 nitrogen and oxygen atoms in total. The maximum Gasteiger partial charge on any atom is 0.159 e. The standard InChI is InChI=1S/C9H6ClN2/c10-9-8(6-11-12-9)7-4-2-1-3-5-7/h1-5H,(H,11,12). The molecule has 0 saturated carbocycles. The van der Waals surface area contributed by atoms with Crippen LogP contribution in [0.15, 0.2) is 30.3 Å². The summed E-state index contributed by atoms with van der Waals surface area (Å²) in [6, 6.07) is 9.79. The van der Waals surface area contributed by atoms with Crippen LogP contribution < -0.4 is 0 Å². The van der Waals surface area contributed by atoms with Crippen LogP contribution in [0.3, 0.4) is 0 Å². The highest BCUT2D eigenvalue weighted by Crippen LogP contribution is 2.23. The first-order valence-electron chi connectivity index (χ1n) is 3.55. The van der Waals surface area contributed by atoms with Crippen molar-refractivity contribution in [2.75, 3.05) is 0 Å². The molecule has 0 aliphatic carbocycles. The van der Waals surface area contributed by atoms with Crippen LogP contribution in [0.1, 0.15) is 0 Å². The predicted molar refractivity (Wildman–Crippen MR) is 47.9 cm³/mol. The fourth-order valence-electron chi connectivity index (χ4n) is 1.04. The summed E-state index contributed by atoms with van der Waals surface area (Å²) >= 11 is 5.80. The van der Waals surface area contributed by atoms with Gasteiger partial charge in [0.05, 0.1) is 6.20 Å². The summed E-state index contributed by atoms with van der Waals surface area (Å²) in [4.78, 5) is 0. The molecule has 0 fully saturated rings. The van der Waals surface area contributed by atoms with Crippen molar-refractivity contribution in [1.29, 1.82) is 0 Å². The van der Waals surface area contributed by atoms with Crippen LogP contribution in [0.5, 0.6) is 0 Å². The van der Waals surface area contributed by atoms with Gasteiger partial charge in [-0.1, -0.05) is 41.9 Å². The highest BCUT2D eigenvalue weighted by molar-refractivity contribution is 6.32. The number of hydrogen-bond acceptors (Lipinski definition) is 1. The summed E-state index contributed by atoms with van der Waals surface area (Å²) in [7, 11) is 0. The van der Waals surface area contributed by atoms with E-state index in [-0.39, 0.29) is 0 Å². The number of rotatable bonds is 1. The molecule has 1 radical (unpaired) electrons. The van der Waals surface area contributed by atoms with Gasteiger partial charge >= 0.3 is 0 Å². The molecule has 2 rings (SSSR count). The lowest BCUT2D eigenvalue weighted by atomic mass is 10.1. The van der Waals surface area contributed by atoms with Gasteiger partial charge in [0, 0.05) is 5.56 Å². The Morgan fingerprint density at radius 3 is 2.58 bits per heavy atom. The molecule has 59 valence electrons. The quantitative estimate of drug-likeness (QED) is 0.713. The minimum absolute atomic E-state index is 0.459. The molecule has 0 aliphatic rings. The molecular formula is C9H6ClN2. The summed E-state index contributed by atoms with van der Waals surface area (Å²) in [6.07, 6.45) is 2.85. The molecule has 2 aromatic rings. The number of halogens is 1. The fourth-order valence-corrected chi connectivity index (χ4v) is 1.24. The Morgan fingerprint density at radius 1 is 1.25 bits per heavy atom. The first-order chi connectivity index (χ1) is 5.88. The van der Waals surface area contributed by atoms with Gasteiger partial charge in [0.1, 0.15) is 0 Å². The third kappa shape index (κ3) is 1.21. The highest BCUT2D eigenvalue weighted by atomic mass is 35.5. The molecule has 12 heavy (non-hydrogen) atoms. The number of aromatic nitrogens is 2. The molecule has 0 amide bonds. The minimum Gasteiger partial charge on any atom is -0.274 e. The van der Waals surface area contributed by atoms with Gasteiger partial charge in [0.2, 0.25) is 0 Å². The molecule has 0 saturated heterocycles. The van der Waals surface area contributed by atoms with Gasteiger partial charge in [-0.3, -0.25) is 5.10 Å². The molecule has 1 heterocycles. The van der Waals surface area contributed by atoms with Gasteiger partial charge in [-0.05, 0) is 5.56 Å². The van der Waals surface area contributed by atoms with Crippen molar-refractivity contribution in [2.45, 2.75) is 0 Å². The average Bonchev–Trinajstić information content (AvgIpc) is 2.53. The minimum atomic E-state index is 0.459. The number of benzene rings is 1. The second kappa shape index (κ2) is 2.99. The second-order valence-corrected chi connectivity index (χ2v) is 2.74. The monoisotopic (exact) mass is 177 g/mol. The summed E-state index contributed by atoms with van der Waals surface area (Å²) in [6.45, 7) is 0. The molecule has 0 spiro atoms. The predicted octanol–water partition coefficient (Wildman–Crippen LogP) is 2.53. The van der Waals surface area contributed by atoms with Crippen molar-refractivity contribution < 1.29 is 0 Å². The van der Waals surface area contributed by atoms with Crippen molar-refractivity contribution in [3.05, 3.63) is 41.7 Å². The molecule has 0 atom stereocenters. The molecule has 1 aromatic carbocycles. The molecule has 3 heteroatoms. The number of hydrogen-bond donors (Lipinski definition) is 1. The Balaban J connectivity index is 2.51. The third-order valence-electron chi connectivity index (χ3n) is 1.60. The van der Waals surface area contributed by atoms with Crippen LogP contribution in [0.4, 0.5) is 0 Å². The first kappa shape index (κ1) is 7.37. The topological polar surface area (TPSA) is 28.7 Å². The van der Waals surface area contributed by atoms with E-state index in [0.717, 1.165) is 11.1 Å². The zero-order valence-electron chi connectivity index (χ0n) is 6.21. The van der Waals surface area contributed by atoms with E-state index in [0.29, 0.717) is 5.15 Å². The Bertz CT molecular complexity index is 367. The van der Waals surface area contributed by atoms with Gasteiger partial charge in [-0.25, -0.2) is 0 Å². The number of aromatic amines is 1. The maximum atomic E-state index is 5.80. The Labute approximate surface area is 75.2 Å². The fraction of sp³-hybridized carbons (Fsp3) is 0. The molecule has 0 aliphatic heterocycles. The Morgan fingerprint density at radius 2 is 2.00 bits per heavy atom. The molecule has 0 unspecified atom stereocenters. The lowest BCUT2D eigenvalue weighted by Gasteiger charge is -1.94. The molecule has 1 N–H and O–H groups in total. The van der Waals surface area contributed by atoms with Gasteiger partial charge < -0.3 is 0 Å². The maximum absolute atomic E-state index is 5.80. The summed E-state index contributed by atoms with van der Waals surface area (Å²) < 4.78 is 0. The largest absolute Gasteiger partial charge is 0.274 e. The molecule has 1 aromatic heterocycles. The smallest absolute Gasteiger partial charge is 0.159 e. The van der Waals surface area contributed by atoms with E-state index >= 15 is 0 Å². The zero-order chi connectivity index (χ0) is 8.39. The van der Waals surface area contributed by atoms with E-state index < -0.39 is 0 Å². The normalized spacial score (nSPS) is 10.1. The van der Waals surface area contributed by atoms with E-state index in [4.69, 9.17) is 11.6 Å². The van der Waals surface area contributed by atoms with Crippen LogP contribution in [-0.4, -0.2) is 10.2 Å². The van der Waals surface area contributed by atoms with Crippen molar-refractivity contribution in [1.82, 2.24) is 10.2 Å². The highest BCUT2D eigenvalue weighted by Gasteiger charge is 2.04. The average molecular weight is 178 g/mol. The van der Waals surface area contributed by atoms with E-state index in [1.807, 2.05) is 30.3 Å². The van der Waals surface area contributed by atoms with E-state index in [2.05, 4.69) is 16.4 Å². The van der Waals surface area contributed by atoms with Gasteiger partial charge in [0.15, 0.2) is 5.15 Å². The second-order valence-electron chi connectivity index (χ2n) is 2.38. The van der Waals surface area contributed by atoms with Gasteiger partial charge in [-0.2, -0.15) is 5.10 Å². The first-order valence-corrected chi connectivity index (χ1v) is 3.92. The van der Waals surface area contributed by atoms with Gasteiger partial charge in [0.25, 0.3) is 0 Å². The Hall–Kier alpha value is -1.28. The zero-order valence-corrected chi connectivity index (χ0v) is 6.97. The van der Waals surface area contributed by atoms with E-state index in [1.165, 1.54) is 0 Å². The summed E-state index contributed by atoms with van der Waals surface area (Å²) in [5.41, 5.74) is 1.84. The summed E-state index contributed by atoms with van der Waals surface area (Å²) in [5.74, 6) is 0. The number of nitrogens with zero attached hydrogens (tertiary/aromatic N) is 1. The van der Waals surface area contributed by atoms with Crippen molar-refractivity contribution in [3.8, 4) is 11.1 Å². The SMILES string of the molecule is Clc1n[nH][c]c1-c1ccccc1. The van der Waals surface area contributed by atoms with Crippen LogP contribution in [0, 0.1) is 6.20 Å². The summed E-state index contributed by atoms with van der Waals surface area (Å²) in [5, 5.41) is 6.83. The third-order valence-corrected chi connectivity index (χ3v) is 1.88. The number of nitrogens with one attached hydrogen (secondary N) is 1. The molecule has 0 bridgehead atoms. The lowest BCUT2D eigenvalue weighted by molar-refractivity contribution is 1.08. The van der Waals surface area contributed by atoms with Crippen LogP contribution in [0.25, 0.3) is 11.1 Å².